The number of anilines is 3. The molecule has 3 amide bonds. The number of nitrogens with one attached hydrogen (secondary N) is 2. The molecule has 6 nitrogen and oxygen atoms in total. The average Bonchev–Trinajstić information content (AvgIpc) is 2.98. The number of urea groups is 1. The lowest BCUT2D eigenvalue weighted by Crippen LogP contribution is -2.27. The predicted octanol–water partition coefficient (Wildman–Crippen LogP) is 3.36. The van der Waals surface area contributed by atoms with Gasteiger partial charge >= 0.3 is 6.03 Å². The fourth-order valence-corrected chi connectivity index (χ4v) is 2.86. The van der Waals surface area contributed by atoms with Crippen molar-refractivity contribution in [3.8, 4) is 0 Å². The van der Waals surface area contributed by atoms with Crippen molar-refractivity contribution in [1.82, 2.24) is 5.32 Å². The maximum Gasteiger partial charge on any atom is 0.321 e. The number of benzene rings is 2. The standard InChI is InChI=1S/C16H14Cl2N4O2/c17-12-7-10(8-13(18)14(12)19)21-15(23)9-1-3-11(4-2-9)22-6-5-20-16(22)24/h1-4,7-8H,5-6,19H2,(H,20,24)(H,21,23). The molecule has 0 unspecified atom stereocenters. The van der Waals surface area contributed by atoms with Crippen LogP contribution in [0.25, 0.3) is 0 Å². The van der Waals surface area contributed by atoms with Crippen LogP contribution in [0.4, 0.5) is 21.9 Å². The van der Waals surface area contributed by atoms with Crippen molar-refractivity contribution in [3.05, 3.63) is 52.0 Å². The van der Waals surface area contributed by atoms with E-state index in [0.717, 1.165) is 5.69 Å². The summed E-state index contributed by atoms with van der Waals surface area (Å²) in [4.78, 5) is 25.5. The number of rotatable bonds is 3. The Kier molecular flexibility index (Phi) is 4.51. The van der Waals surface area contributed by atoms with Crippen LogP contribution in [0.15, 0.2) is 36.4 Å². The van der Waals surface area contributed by atoms with Gasteiger partial charge in [-0.2, -0.15) is 0 Å². The SMILES string of the molecule is Nc1c(Cl)cc(NC(=O)c2ccc(N3CCNC3=O)cc2)cc1Cl. The molecule has 1 aliphatic rings. The van der Waals surface area contributed by atoms with E-state index in [0.29, 0.717) is 24.3 Å². The van der Waals surface area contributed by atoms with Crippen LogP contribution in [0, 0.1) is 0 Å². The van der Waals surface area contributed by atoms with Gasteiger partial charge in [0, 0.05) is 30.0 Å². The van der Waals surface area contributed by atoms with Crippen molar-refractivity contribution >= 4 is 52.2 Å². The summed E-state index contributed by atoms with van der Waals surface area (Å²) in [6, 6.07) is 9.67. The largest absolute Gasteiger partial charge is 0.396 e. The van der Waals surface area contributed by atoms with Gasteiger partial charge in [-0.25, -0.2) is 4.79 Å². The molecule has 2 aromatic carbocycles. The van der Waals surface area contributed by atoms with E-state index in [1.807, 2.05) is 0 Å². The third kappa shape index (κ3) is 3.25. The lowest BCUT2D eigenvalue weighted by molar-refractivity contribution is 0.102. The van der Waals surface area contributed by atoms with Crippen molar-refractivity contribution in [1.29, 1.82) is 0 Å². The molecule has 0 saturated carbocycles. The summed E-state index contributed by atoms with van der Waals surface area (Å²) in [5.41, 5.74) is 7.57. The summed E-state index contributed by atoms with van der Waals surface area (Å²) in [6.07, 6.45) is 0. The lowest BCUT2D eigenvalue weighted by Gasteiger charge is -2.14. The number of halogens is 2. The number of nitrogen functional groups attached to an aromatic ring is 1. The van der Waals surface area contributed by atoms with Crippen LogP contribution in [-0.2, 0) is 0 Å². The second kappa shape index (κ2) is 6.59. The van der Waals surface area contributed by atoms with Gasteiger partial charge in [0.25, 0.3) is 5.91 Å². The van der Waals surface area contributed by atoms with Crippen molar-refractivity contribution in [2.24, 2.45) is 0 Å². The van der Waals surface area contributed by atoms with Gasteiger partial charge < -0.3 is 16.4 Å². The average molecular weight is 365 g/mol. The van der Waals surface area contributed by atoms with Gasteiger partial charge in [0.2, 0.25) is 0 Å². The van der Waals surface area contributed by atoms with Crippen LogP contribution < -0.4 is 21.3 Å². The van der Waals surface area contributed by atoms with E-state index in [4.69, 9.17) is 28.9 Å². The van der Waals surface area contributed by atoms with E-state index < -0.39 is 0 Å². The van der Waals surface area contributed by atoms with Crippen LogP contribution in [0.5, 0.6) is 0 Å². The van der Waals surface area contributed by atoms with Gasteiger partial charge in [-0.05, 0) is 36.4 Å². The zero-order valence-electron chi connectivity index (χ0n) is 12.5. The molecule has 0 aliphatic carbocycles. The number of carbonyl (C=O) groups is 2. The minimum atomic E-state index is -0.315. The molecule has 24 heavy (non-hydrogen) atoms. The smallest absolute Gasteiger partial charge is 0.321 e. The summed E-state index contributed by atoms with van der Waals surface area (Å²) in [5.74, 6) is -0.315. The highest BCUT2D eigenvalue weighted by atomic mass is 35.5. The van der Waals surface area contributed by atoms with E-state index in [1.54, 1.807) is 29.2 Å². The van der Waals surface area contributed by atoms with Crippen molar-refractivity contribution in [2.45, 2.75) is 0 Å². The Labute approximate surface area is 148 Å². The maximum absolute atomic E-state index is 12.3. The lowest BCUT2D eigenvalue weighted by atomic mass is 10.1. The predicted molar refractivity (Wildman–Crippen MR) is 96.0 cm³/mol. The minimum Gasteiger partial charge on any atom is -0.396 e. The molecular weight excluding hydrogens is 351 g/mol. The van der Waals surface area contributed by atoms with Crippen LogP contribution >= 0.6 is 23.2 Å². The summed E-state index contributed by atoms with van der Waals surface area (Å²) < 4.78 is 0. The van der Waals surface area contributed by atoms with Gasteiger partial charge in [0.05, 0.1) is 15.7 Å². The fourth-order valence-electron chi connectivity index (χ4n) is 2.37. The second-order valence-corrected chi connectivity index (χ2v) is 6.05. The molecule has 1 aliphatic heterocycles. The molecular formula is C16H14Cl2N4O2. The highest BCUT2D eigenvalue weighted by molar-refractivity contribution is 6.39. The molecule has 8 heteroatoms. The van der Waals surface area contributed by atoms with Crippen LogP contribution in [-0.4, -0.2) is 25.0 Å². The molecule has 2 aromatic rings. The Morgan fingerprint density at radius 2 is 1.79 bits per heavy atom. The molecule has 1 heterocycles. The second-order valence-electron chi connectivity index (χ2n) is 5.24. The molecule has 1 saturated heterocycles. The first-order chi connectivity index (χ1) is 11.5. The van der Waals surface area contributed by atoms with E-state index in [9.17, 15) is 9.59 Å². The first-order valence-corrected chi connectivity index (χ1v) is 7.92. The molecule has 1 fully saturated rings. The van der Waals surface area contributed by atoms with Crippen LogP contribution in [0.3, 0.4) is 0 Å². The third-order valence-corrected chi connectivity index (χ3v) is 4.26. The van der Waals surface area contributed by atoms with Crippen LogP contribution in [0.1, 0.15) is 10.4 Å². The van der Waals surface area contributed by atoms with E-state index in [2.05, 4.69) is 10.6 Å². The van der Waals surface area contributed by atoms with Crippen LogP contribution in [0.2, 0.25) is 10.0 Å². The fraction of sp³-hybridized carbons (Fsp3) is 0.125. The number of carbonyl (C=O) groups excluding carboxylic acids is 2. The number of nitrogens with zero attached hydrogens (tertiary/aromatic N) is 1. The molecule has 0 radical (unpaired) electrons. The zero-order valence-corrected chi connectivity index (χ0v) is 14.0. The summed E-state index contributed by atoms with van der Waals surface area (Å²) in [5, 5.41) is 5.98. The number of nitrogens with two attached hydrogens (primary N) is 1. The Bertz CT molecular complexity index is 785. The Morgan fingerprint density at radius 3 is 2.33 bits per heavy atom. The van der Waals surface area contributed by atoms with E-state index in [-0.39, 0.29) is 27.7 Å². The van der Waals surface area contributed by atoms with Gasteiger partial charge in [-0.3, -0.25) is 9.69 Å². The topological polar surface area (TPSA) is 87.5 Å². The Hall–Kier alpha value is -2.44. The van der Waals surface area contributed by atoms with Crippen molar-refractivity contribution in [2.75, 3.05) is 29.0 Å². The zero-order chi connectivity index (χ0) is 17.3. The molecule has 0 spiro atoms. The summed E-state index contributed by atoms with van der Waals surface area (Å²) in [7, 11) is 0. The van der Waals surface area contributed by atoms with Gasteiger partial charge in [-0.1, -0.05) is 23.2 Å². The first-order valence-electron chi connectivity index (χ1n) is 7.17. The third-order valence-electron chi connectivity index (χ3n) is 3.63. The normalized spacial score (nSPS) is 13.8. The van der Waals surface area contributed by atoms with Crippen molar-refractivity contribution < 1.29 is 9.59 Å². The molecule has 0 aromatic heterocycles. The molecule has 3 rings (SSSR count). The summed E-state index contributed by atoms with van der Waals surface area (Å²) in [6.45, 7) is 1.21. The van der Waals surface area contributed by atoms with E-state index >= 15 is 0 Å². The number of hydrogen-bond acceptors (Lipinski definition) is 3. The number of hydrogen-bond donors (Lipinski definition) is 3. The highest BCUT2D eigenvalue weighted by Crippen LogP contribution is 2.31. The molecule has 0 bridgehead atoms. The van der Waals surface area contributed by atoms with Crippen molar-refractivity contribution in [3.63, 3.8) is 0 Å². The maximum atomic E-state index is 12.3. The Morgan fingerprint density at radius 1 is 1.17 bits per heavy atom. The number of amides is 3. The van der Waals surface area contributed by atoms with Gasteiger partial charge in [0.1, 0.15) is 0 Å². The first kappa shape index (κ1) is 16.4. The van der Waals surface area contributed by atoms with Gasteiger partial charge in [0.15, 0.2) is 0 Å². The van der Waals surface area contributed by atoms with Gasteiger partial charge in [-0.15, -0.1) is 0 Å². The Balaban J connectivity index is 1.75. The molecule has 124 valence electrons. The van der Waals surface area contributed by atoms with E-state index in [1.165, 1.54) is 12.1 Å². The molecule has 4 N–H and O–H groups in total. The quantitative estimate of drug-likeness (QED) is 0.729. The minimum absolute atomic E-state index is 0.140. The molecule has 0 atom stereocenters. The summed E-state index contributed by atoms with van der Waals surface area (Å²) >= 11 is 11.9. The monoisotopic (exact) mass is 364 g/mol. The highest BCUT2D eigenvalue weighted by Gasteiger charge is 2.21.